The van der Waals surface area contributed by atoms with Crippen molar-refractivity contribution in [2.45, 2.75) is 26.2 Å². The minimum atomic E-state index is 0.0481. The molecule has 1 aliphatic rings. The van der Waals surface area contributed by atoms with Crippen LogP contribution in [0.1, 0.15) is 26.2 Å². The Labute approximate surface area is 84.9 Å². The zero-order chi connectivity index (χ0) is 10.6. The average Bonchev–Trinajstić information content (AvgIpc) is 2.30. The molecule has 1 fully saturated rings. The van der Waals surface area contributed by atoms with Crippen LogP contribution in [0.3, 0.4) is 0 Å². The van der Waals surface area contributed by atoms with Crippen molar-refractivity contribution < 1.29 is 9.59 Å². The lowest BCUT2D eigenvalue weighted by Gasteiger charge is -2.19. The average molecular weight is 198 g/mol. The molecular formula is C10H18N2O2. The van der Waals surface area contributed by atoms with E-state index in [1.54, 1.807) is 16.8 Å². The van der Waals surface area contributed by atoms with Crippen molar-refractivity contribution in [1.82, 2.24) is 9.80 Å². The summed E-state index contributed by atoms with van der Waals surface area (Å²) < 4.78 is 0. The van der Waals surface area contributed by atoms with Crippen LogP contribution >= 0.6 is 0 Å². The predicted octanol–water partition coefficient (Wildman–Crippen LogP) is 0.477. The molecule has 1 saturated heterocycles. The first-order valence-corrected chi connectivity index (χ1v) is 5.17. The molecule has 14 heavy (non-hydrogen) atoms. The Kier molecular flexibility index (Phi) is 3.92. The monoisotopic (exact) mass is 198 g/mol. The van der Waals surface area contributed by atoms with Crippen LogP contribution in [0, 0.1) is 0 Å². The van der Waals surface area contributed by atoms with Gasteiger partial charge in [-0.2, -0.15) is 0 Å². The fourth-order valence-electron chi connectivity index (χ4n) is 1.57. The zero-order valence-electron chi connectivity index (χ0n) is 8.95. The topological polar surface area (TPSA) is 40.6 Å². The molecule has 0 spiro atoms. The molecule has 1 heterocycles. The summed E-state index contributed by atoms with van der Waals surface area (Å²) >= 11 is 0. The molecule has 0 aliphatic carbocycles. The Morgan fingerprint density at radius 1 is 1.43 bits per heavy atom. The molecule has 4 nitrogen and oxygen atoms in total. The summed E-state index contributed by atoms with van der Waals surface area (Å²) in [6.07, 6.45) is 2.29. The second-order valence-corrected chi connectivity index (χ2v) is 3.73. The summed E-state index contributed by atoms with van der Waals surface area (Å²) in [4.78, 5) is 26.4. The molecule has 1 aliphatic heterocycles. The molecule has 4 heteroatoms. The van der Waals surface area contributed by atoms with Crippen molar-refractivity contribution in [2.75, 3.05) is 26.7 Å². The van der Waals surface area contributed by atoms with Crippen LogP contribution in [-0.4, -0.2) is 48.3 Å². The number of likely N-dealkylation sites (N-methyl/N-ethyl adjacent to an activating group) is 1. The van der Waals surface area contributed by atoms with Crippen molar-refractivity contribution in [2.24, 2.45) is 0 Å². The van der Waals surface area contributed by atoms with Gasteiger partial charge < -0.3 is 9.80 Å². The van der Waals surface area contributed by atoms with Gasteiger partial charge in [0, 0.05) is 26.6 Å². The SMILES string of the molecule is CCCC(=O)N1CCCN(C)C(=O)C1. The molecular weight excluding hydrogens is 180 g/mol. The van der Waals surface area contributed by atoms with Gasteiger partial charge in [-0.05, 0) is 12.8 Å². The molecule has 0 N–H and O–H groups in total. The van der Waals surface area contributed by atoms with Gasteiger partial charge in [-0.15, -0.1) is 0 Å². The van der Waals surface area contributed by atoms with Gasteiger partial charge in [0.05, 0.1) is 6.54 Å². The van der Waals surface area contributed by atoms with Crippen molar-refractivity contribution >= 4 is 11.8 Å². The summed E-state index contributed by atoms with van der Waals surface area (Å²) in [7, 11) is 1.79. The number of carbonyl (C=O) groups is 2. The van der Waals surface area contributed by atoms with Crippen LogP contribution in [0.25, 0.3) is 0 Å². The highest BCUT2D eigenvalue weighted by Crippen LogP contribution is 2.05. The summed E-state index contributed by atoms with van der Waals surface area (Å²) in [6, 6.07) is 0. The standard InChI is InChI=1S/C10H18N2O2/c1-3-5-9(13)12-7-4-6-11(2)10(14)8-12/h3-8H2,1-2H3. The lowest BCUT2D eigenvalue weighted by Crippen LogP contribution is -2.37. The number of carbonyl (C=O) groups excluding carboxylic acids is 2. The molecule has 0 aromatic heterocycles. The molecule has 2 amide bonds. The van der Waals surface area contributed by atoms with Crippen LogP contribution in [0.5, 0.6) is 0 Å². The maximum absolute atomic E-state index is 11.6. The summed E-state index contributed by atoms with van der Waals surface area (Å²) in [5.41, 5.74) is 0. The maximum Gasteiger partial charge on any atom is 0.241 e. The van der Waals surface area contributed by atoms with E-state index in [1.165, 1.54) is 0 Å². The van der Waals surface area contributed by atoms with E-state index in [-0.39, 0.29) is 18.4 Å². The normalized spacial score (nSPS) is 18.3. The van der Waals surface area contributed by atoms with Crippen molar-refractivity contribution in [3.63, 3.8) is 0 Å². The lowest BCUT2D eigenvalue weighted by atomic mass is 10.3. The molecule has 0 bridgehead atoms. The van der Waals surface area contributed by atoms with Crippen LogP contribution < -0.4 is 0 Å². The Morgan fingerprint density at radius 3 is 2.79 bits per heavy atom. The van der Waals surface area contributed by atoms with E-state index < -0.39 is 0 Å². The summed E-state index contributed by atoms with van der Waals surface area (Å²) in [6.45, 7) is 3.71. The van der Waals surface area contributed by atoms with Crippen LogP contribution in [0.4, 0.5) is 0 Å². The first-order valence-electron chi connectivity index (χ1n) is 5.17. The summed E-state index contributed by atoms with van der Waals surface area (Å²) in [5.74, 6) is 0.156. The number of amides is 2. The first-order chi connectivity index (χ1) is 6.65. The fraction of sp³-hybridized carbons (Fsp3) is 0.800. The van der Waals surface area contributed by atoms with Crippen molar-refractivity contribution in [3.8, 4) is 0 Å². The highest BCUT2D eigenvalue weighted by Gasteiger charge is 2.21. The minimum Gasteiger partial charge on any atom is -0.344 e. The molecule has 0 aromatic rings. The molecule has 0 unspecified atom stereocenters. The minimum absolute atomic E-state index is 0.0481. The van der Waals surface area contributed by atoms with Crippen LogP contribution in [-0.2, 0) is 9.59 Å². The highest BCUT2D eigenvalue weighted by molar-refractivity contribution is 5.85. The van der Waals surface area contributed by atoms with E-state index in [9.17, 15) is 9.59 Å². The smallest absolute Gasteiger partial charge is 0.241 e. The largest absolute Gasteiger partial charge is 0.344 e. The molecule has 0 radical (unpaired) electrons. The lowest BCUT2D eigenvalue weighted by molar-refractivity contribution is -0.138. The van der Waals surface area contributed by atoms with Gasteiger partial charge >= 0.3 is 0 Å². The van der Waals surface area contributed by atoms with Gasteiger partial charge in [0.15, 0.2) is 0 Å². The maximum atomic E-state index is 11.6. The zero-order valence-corrected chi connectivity index (χ0v) is 8.95. The number of hydrogen-bond donors (Lipinski definition) is 0. The van der Waals surface area contributed by atoms with Gasteiger partial charge in [0.1, 0.15) is 0 Å². The predicted molar refractivity (Wildman–Crippen MR) is 53.7 cm³/mol. The third kappa shape index (κ3) is 2.72. The third-order valence-corrected chi connectivity index (χ3v) is 2.49. The fourth-order valence-corrected chi connectivity index (χ4v) is 1.57. The Hall–Kier alpha value is -1.06. The number of hydrogen-bond acceptors (Lipinski definition) is 2. The van der Waals surface area contributed by atoms with Gasteiger partial charge in [-0.1, -0.05) is 6.92 Å². The van der Waals surface area contributed by atoms with Gasteiger partial charge in [0.25, 0.3) is 0 Å². The second kappa shape index (κ2) is 4.98. The first kappa shape index (κ1) is 11.0. The van der Waals surface area contributed by atoms with Gasteiger partial charge in [0.2, 0.25) is 11.8 Å². The van der Waals surface area contributed by atoms with Crippen molar-refractivity contribution in [1.29, 1.82) is 0 Å². The number of rotatable bonds is 2. The van der Waals surface area contributed by atoms with E-state index >= 15 is 0 Å². The quantitative estimate of drug-likeness (QED) is 0.647. The Balaban J connectivity index is 2.54. The molecule has 0 atom stereocenters. The van der Waals surface area contributed by atoms with Crippen LogP contribution in [0.15, 0.2) is 0 Å². The molecule has 1 rings (SSSR count). The highest BCUT2D eigenvalue weighted by atomic mass is 16.2. The van der Waals surface area contributed by atoms with Crippen LogP contribution in [0.2, 0.25) is 0 Å². The number of nitrogens with zero attached hydrogens (tertiary/aromatic N) is 2. The van der Waals surface area contributed by atoms with E-state index in [2.05, 4.69) is 0 Å². The van der Waals surface area contributed by atoms with Gasteiger partial charge in [-0.3, -0.25) is 9.59 Å². The molecule has 80 valence electrons. The van der Waals surface area contributed by atoms with Gasteiger partial charge in [-0.25, -0.2) is 0 Å². The van der Waals surface area contributed by atoms with E-state index in [1.807, 2.05) is 6.92 Å². The van der Waals surface area contributed by atoms with E-state index in [4.69, 9.17) is 0 Å². The third-order valence-electron chi connectivity index (χ3n) is 2.49. The second-order valence-electron chi connectivity index (χ2n) is 3.73. The molecule has 0 aromatic carbocycles. The molecule has 0 saturated carbocycles. The summed E-state index contributed by atoms with van der Waals surface area (Å²) in [5, 5.41) is 0. The van der Waals surface area contributed by atoms with E-state index in [0.717, 1.165) is 25.9 Å². The Bertz CT molecular complexity index is 228. The van der Waals surface area contributed by atoms with E-state index in [0.29, 0.717) is 6.42 Å². The Morgan fingerprint density at radius 2 is 2.14 bits per heavy atom. The van der Waals surface area contributed by atoms with Crippen molar-refractivity contribution in [3.05, 3.63) is 0 Å².